The number of carbonyl (C=O) groups is 1. The Balaban J connectivity index is 4.22. The molecule has 0 unspecified atom stereocenters. The maximum absolute atomic E-state index is 11.2. The van der Waals surface area contributed by atoms with E-state index >= 15 is 0 Å². The Morgan fingerprint density at radius 1 is 1.55 bits per heavy atom. The van der Waals surface area contributed by atoms with Crippen LogP contribution in [-0.4, -0.2) is 29.1 Å². The van der Waals surface area contributed by atoms with Crippen LogP contribution >= 0.6 is 12.6 Å². The summed E-state index contributed by atoms with van der Waals surface area (Å²) in [5.74, 6) is 0.375. The smallest absolute Gasteiger partial charge is 0.232 e. The topological polar surface area (TPSA) is 20.3 Å². The van der Waals surface area contributed by atoms with Gasteiger partial charge in [0.25, 0.3) is 0 Å². The summed E-state index contributed by atoms with van der Waals surface area (Å²) in [4.78, 5) is 12.9. The van der Waals surface area contributed by atoms with Crippen molar-refractivity contribution in [3.63, 3.8) is 0 Å². The third kappa shape index (κ3) is 2.73. The van der Waals surface area contributed by atoms with Gasteiger partial charge >= 0.3 is 0 Å². The molecule has 0 fully saturated rings. The Labute approximate surface area is 74.4 Å². The van der Waals surface area contributed by atoms with Gasteiger partial charge in [-0.1, -0.05) is 6.92 Å². The van der Waals surface area contributed by atoms with Crippen molar-refractivity contribution in [1.82, 2.24) is 4.90 Å². The first kappa shape index (κ1) is 10.8. The van der Waals surface area contributed by atoms with Crippen LogP contribution in [0, 0.1) is 0 Å². The molecule has 0 radical (unpaired) electrons. The highest BCUT2D eigenvalue weighted by molar-refractivity contribution is 7.81. The van der Waals surface area contributed by atoms with Crippen molar-refractivity contribution >= 4 is 18.5 Å². The minimum Gasteiger partial charge on any atom is -0.340 e. The second-order valence-electron chi connectivity index (χ2n) is 3.28. The van der Waals surface area contributed by atoms with Gasteiger partial charge < -0.3 is 4.90 Å². The number of hydrogen-bond donors (Lipinski definition) is 1. The standard InChI is InChI=1S/C8H17NOS/c1-5-8(2,3)9(4)7(10)6-11/h11H,5-6H2,1-4H3. The maximum atomic E-state index is 11.2. The van der Waals surface area contributed by atoms with Gasteiger partial charge in [0, 0.05) is 12.6 Å². The minimum atomic E-state index is -0.0419. The summed E-state index contributed by atoms with van der Waals surface area (Å²) in [5.41, 5.74) is -0.0419. The van der Waals surface area contributed by atoms with Crippen LogP contribution in [-0.2, 0) is 4.79 Å². The summed E-state index contributed by atoms with van der Waals surface area (Å²) in [7, 11) is 1.82. The van der Waals surface area contributed by atoms with Crippen molar-refractivity contribution in [2.75, 3.05) is 12.8 Å². The molecule has 0 aliphatic rings. The molecule has 0 saturated carbocycles. The number of nitrogens with zero attached hydrogens (tertiary/aromatic N) is 1. The number of carbonyl (C=O) groups excluding carboxylic acids is 1. The number of rotatable bonds is 3. The van der Waals surface area contributed by atoms with E-state index in [4.69, 9.17) is 0 Å². The maximum Gasteiger partial charge on any atom is 0.232 e. The first-order valence-electron chi connectivity index (χ1n) is 3.83. The van der Waals surface area contributed by atoms with Crippen LogP contribution < -0.4 is 0 Å². The molecule has 0 aliphatic carbocycles. The second kappa shape index (κ2) is 4.00. The lowest BCUT2D eigenvalue weighted by molar-refractivity contribution is -0.131. The predicted octanol–water partition coefficient (Wildman–Crippen LogP) is 1.56. The van der Waals surface area contributed by atoms with Crippen LogP contribution in [0.1, 0.15) is 27.2 Å². The largest absolute Gasteiger partial charge is 0.340 e. The zero-order valence-corrected chi connectivity index (χ0v) is 8.61. The van der Waals surface area contributed by atoms with Gasteiger partial charge in [0.2, 0.25) is 5.91 Å². The number of hydrogen-bond acceptors (Lipinski definition) is 2. The fraction of sp³-hybridized carbons (Fsp3) is 0.875. The predicted molar refractivity (Wildman–Crippen MR) is 51.0 cm³/mol. The zero-order chi connectivity index (χ0) is 9.07. The van der Waals surface area contributed by atoms with E-state index in [1.54, 1.807) is 4.90 Å². The van der Waals surface area contributed by atoms with Gasteiger partial charge in [-0.2, -0.15) is 12.6 Å². The monoisotopic (exact) mass is 175 g/mol. The lowest BCUT2D eigenvalue weighted by Gasteiger charge is -2.34. The highest BCUT2D eigenvalue weighted by Crippen LogP contribution is 2.16. The molecule has 11 heavy (non-hydrogen) atoms. The molecule has 0 aromatic rings. The van der Waals surface area contributed by atoms with Gasteiger partial charge in [-0.05, 0) is 20.3 Å². The van der Waals surface area contributed by atoms with E-state index in [-0.39, 0.29) is 11.4 Å². The van der Waals surface area contributed by atoms with Crippen molar-refractivity contribution in [3.05, 3.63) is 0 Å². The van der Waals surface area contributed by atoms with E-state index in [0.29, 0.717) is 5.75 Å². The van der Waals surface area contributed by atoms with Crippen LogP contribution in [0.15, 0.2) is 0 Å². The molecule has 0 heterocycles. The zero-order valence-electron chi connectivity index (χ0n) is 7.72. The average Bonchev–Trinajstić information content (AvgIpc) is 2.01. The molecular formula is C8H17NOS. The molecule has 0 saturated heterocycles. The van der Waals surface area contributed by atoms with E-state index in [2.05, 4.69) is 19.6 Å². The molecular weight excluding hydrogens is 158 g/mol. The molecule has 0 rings (SSSR count). The molecule has 0 aromatic carbocycles. The van der Waals surface area contributed by atoms with Crippen molar-refractivity contribution in [2.45, 2.75) is 32.7 Å². The lowest BCUT2D eigenvalue weighted by Crippen LogP contribution is -2.45. The van der Waals surface area contributed by atoms with Gasteiger partial charge in [0.05, 0.1) is 5.75 Å². The molecule has 0 aliphatic heterocycles. The van der Waals surface area contributed by atoms with Gasteiger partial charge in [0.1, 0.15) is 0 Å². The van der Waals surface area contributed by atoms with Crippen molar-refractivity contribution in [1.29, 1.82) is 0 Å². The number of amides is 1. The fourth-order valence-corrected chi connectivity index (χ4v) is 0.893. The summed E-state index contributed by atoms with van der Waals surface area (Å²) < 4.78 is 0. The van der Waals surface area contributed by atoms with Crippen molar-refractivity contribution in [2.24, 2.45) is 0 Å². The third-order valence-corrected chi connectivity index (χ3v) is 2.55. The molecule has 1 amide bonds. The normalized spacial score (nSPS) is 11.4. The molecule has 0 atom stereocenters. The minimum absolute atomic E-state index is 0.0419. The van der Waals surface area contributed by atoms with E-state index in [1.165, 1.54) is 0 Å². The summed E-state index contributed by atoms with van der Waals surface area (Å²) in [6, 6.07) is 0. The van der Waals surface area contributed by atoms with Crippen LogP contribution in [0.5, 0.6) is 0 Å². The van der Waals surface area contributed by atoms with E-state index in [1.807, 2.05) is 20.9 Å². The Bertz CT molecular complexity index is 145. The van der Waals surface area contributed by atoms with Gasteiger partial charge in [-0.3, -0.25) is 4.79 Å². The van der Waals surface area contributed by atoms with Gasteiger partial charge in [-0.15, -0.1) is 0 Å². The summed E-state index contributed by atoms with van der Waals surface area (Å²) in [5, 5.41) is 0. The molecule has 0 N–H and O–H groups in total. The highest BCUT2D eigenvalue weighted by atomic mass is 32.1. The molecule has 0 aromatic heterocycles. The van der Waals surface area contributed by atoms with Crippen LogP contribution in [0.3, 0.4) is 0 Å². The highest BCUT2D eigenvalue weighted by Gasteiger charge is 2.24. The van der Waals surface area contributed by atoms with E-state index in [0.717, 1.165) is 6.42 Å². The fourth-order valence-electron chi connectivity index (χ4n) is 0.681. The van der Waals surface area contributed by atoms with Gasteiger partial charge in [-0.25, -0.2) is 0 Å². The van der Waals surface area contributed by atoms with Gasteiger partial charge in [0.15, 0.2) is 0 Å². The summed E-state index contributed by atoms with van der Waals surface area (Å²) in [6.45, 7) is 6.17. The first-order chi connectivity index (χ1) is 4.95. The third-order valence-electron chi connectivity index (χ3n) is 2.28. The van der Waals surface area contributed by atoms with Crippen molar-refractivity contribution < 1.29 is 4.79 Å². The molecule has 66 valence electrons. The van der Waals surface area contributed by atoms with Crippen molar-refractivity contribution in [3.8, 4) is 0 Å². The average molecular weight is 175 g/mol. The first-order valence-corrected chi connectivity index (χ1v) is 4.46. The van der Waals surface area contributed by atoms with Crippen LogP contribution in [0.2, 0.25) is 0 Å². The Kier molecular flexibility index (Phi) is 3.93. The van der Waals surface area contributed by atoms with Crippen LogP contribution in [0.4, 0.5) is 0 Å². The molecule has 0 bridgehead atoms. The lowest BCUT2D eigenvalue weighted by atomic mass is 10.0. The Morgan fingerprint density at radius 3 is 2.27 bits per heavy atom. The van der Waals surface area contributed by atoms with E-state index in [9.17, 15) is 4.79 Å². The quantitative estimate of drug-likeness (QED) is 0.645. The summed E-state index contributed by atoms with van der Waals surface area (Å²) >= 11 is 3.93. The Morgan fingerprint density at radius 2 is 2.00 bits per heavy atom. The molecule has 2 nitrogen and oxygen atoms in total. The SMILES string of the molecule is CCC(C)(C)N(C)C(=O)CS. The molecule has 0 spiro atoms. The second-order valence-corrected chi connectivity index (χ2v) is 3.59. The van der Waals surface area contributed by atoms with E-state index < -0.39 is 0 Å². The Hall–Kier alpha value is -0.180. The molecule has 3 heteroatoms. The summed E-state index contributed by atoms with van der Waals surface area (Å²) in [6.07, 6.45) is 0.961. The van der Waals surface area contributed by atoms with Crippen LogP contribution in [0.25, 0.3) is 0 Å². The number of thiol groups is 1.